The van der Waals surface area contributed by atoms with E-state index in [2.05, 4.69) is 5.92 Å². The molecule has 0 aromatic heterocycles. The molecule has 1 atom stereocenters. The molecule has 2 aliphatic rings. The normalized spacial score (nSPS) is 18.4. The molecule has 2 heterocycles. The Morgan fingerprint density at radius 2 is 1.74 bits per heavy atom. The third kappa shape index (κ3) is 4.01. The summed E-state index contributed by atoms with van der Waals surface area (Å²) in [5, 5.41) is 0. The number of hydrogen-bond acceptors (Lipinski definition) is 3. The zero-order valence-corrected chi connectivity index (χ0v) is 18.9. The van der Waals surface area contributed by atoms with E-state index < -0.39 is 47.5 Å². The molecule has 182 valence electrons. The third-order valence-electron chi connectivity index (χ3n) is 6.53. The van der Waals surface area contributed by atoms with Crippen LogP contribution in [0.1, 0.15) is 36.6 Å². The average Bonchev–Trinajstić information content (AvgIpc) is 2.77. The van der Waals surface area contributed by atoms with Gasteiger partial charge in [0.25, 0.3) is 5.91 Å². The van der Waals surface area contributed by atoms with Gasteiger partial charge in [-0.1, -0.05) is 18.1 Å². The van der Waals surface area contributed by atoms with Crippen molar-refractivity contribution in [3.63, 3.8) is 0 Å². The Morgan fingerprint density at radius 3 is 2.26 bits per heavy atom. The summed E-state index contributed by atoms with van der Waals surface area (Å²) >= 11 is 0. The highest BCUT2D eigenvalue weighted by Gasteiger charge is 2.61. The number of rotatable bonds is 3. The molecule has 1 unspecified atom stereocenters. The largest absolute Gasteiger partial charge is 0.416 e. The molecule has 0 saturated carbocycles. The minimum Gasteiger partial charge on any atom is -0.337 e. The fourth-order valence-corrected chi connectivity index (χ4v) is 4.67. The lowest BCUT2D eigenvalue weighted by Crippen LogP contribution is -2.81. The van der Waals surface area contributed by atoms with Crippen LogP contribution < -0.4 is 4.90 Å². The number of halogens is 4. The molecule has 2 aromatic carbocycles. The van der Waals surface area contributed by atoms with Crippen molar-refractivity contribution in [3.8, 4) is 12.3 Å². The van der Waals surface area contributed by atoms with E-state index in [4.69, 9.17) is 6.42 Å². The number of nitrogens with zero attached hydrogens (tertiary/aromatic N) is 3. The summed E-state index contributed by atoms with van der Waals surface area (Å²) in [6.45, 7) is 2.22. The number of carbonyl (C=O) groups is 3. The zero-order valence-electron chi connectivity index (χ0n) is 18.9. The average molecular weight is 487 g/mol. The van der Waals surface area contributed by atoms with E-state index in [0.717, 1.165) is 23.1 Å². The van der Waals surface area contributed by atoms with Crippen LogP contribution in [0.4, 0.5) is 23.2 Å². The Morgan fingerprint density at radius 1 is 1.11 bits per heavy atom. The van der Waals surface area contributed by atoms with Crippen molar-refractivity contribution < 1.29 is 31.9 Å². The summed E-state index contributed by atoms with van der Waals surface area (Å²) in [6, 6.07) is 7.40. The van der Waals surface area contributed by atoms with E-state index in [0.29, 0.717) is 5.56 Å². The van der Waals surface area contributed by atoms with Gasteiger partial charge in [-0.25, -0.2) is 4.39 Å². The first-order chi connectivity index (χ1) is 16.4. The Labute approximate surface area is 199 Å². The van der Waals surface area contributed by atoms with Gasteiger partial charge in [-0.05, 0) is 42.8 Å². The van der Waals surface area contributed by atoms with Crippen LogP contribution >= 0.6 is 0 Å². The molecule has 2 aliphatic heterocycles. The van der Waals surface area contributed by atoms with Gasteiger partial charge in [0, 0.05) is 12.5 Å². The number of hydrogen-bond donors (Lipinski definition) is 0. The molecular formula is C25H21F4N3O3. The third-order valence-corrected chi connectivity index (χ3v) is 6.53. The van der Waals surface area contributed by atoms with Gasteiger partial charge in [0.05, 0.1) is 30.4 Å². The van der Waals surface area contributed by atoms with E-state index in [-0.39, 0.29) is 30.2 Å². The minimum absolute atomic E-state index is 0.113. The Balaban J connectivity index is 1.72. The maximum atomic E-state index is 14.8. The number of terminal acetylenes is 1. The molecule has 2 saturated heterocycles. The molecule has 0 N–H and O–H groups in total. The molecular weight excluding hydrogens is 466 g/mol. The Kier molecular flexibility index (Phi) is 5.83. The molecule has 2 aromatic rings. The van der Waals surface area contributed by atoms with Crippen molar-refractivity contribution in [2.24, 2.45) is 0 Å². The van der Waals surface area contributed by atoms with Gasteiger partial charge < -0.3 is 9.80 Å². The summed E-state index contributed by atoms with van der Waals surface area (Å²) < 4.78 is 53.7. The van der Waals surface area contributed by atoms with E-state index in [1.807, 2.05) is 0 Å². The molecule has 0 radical (unpaired) electrons. The maximum Gasteiger partial charge on any atom is 0.416 e. The predicted molar refractivity (Wildman–Crippen MR) is 118 cm³/mol. The fourth-order valence-electron chi connectivity index (χ4n) is 4.67. The summed E-state index contributed by atoms with van der Waals surface area (Å²) in [5.41, 5.74) is -1.80. The molecule has 3 amide bonds. The van der Waals surface area contributed by atoms with Gasteiger partial charge in [0.1, 0.15) is 12.4 Å². The van der Waals surface area contributed by atoms with Crippen molar-refractivity contribution >= 4 is 23.4 Å². The second-order valence-electron chi connectivity index (χ2n) is 8.67. The second kappa shape index (κ2) is 8.41. The van der Waals surface area contributed by atoms with E-state index in [1.54, 1.807) is 6.92 Å². The molecule has 2 fully saturated rings. The van der Waals surface area contributed by atoms with Crippen LogP contribution in [0, 0.1) is 18.2 Å². The number of carbonyl (C=O) groups excluding carboxylic acids is 3. The predicted octanol–water partition coefficient (Wildman–Crippen LogP) is 3.36. The standard InChI is InChI=1S/C25H21F4N3O3/c1-4-17-5-10-21(20(26)11-17)31-12-22(34)32(24(23(31)35)13-30(14-24)16(3)33)15(2)18-6-8-19(9-7-18)25(27,28)29/h1,5-11,15H,12-14H2,2-3H3. The first kappa shape index (κ1) is 24.3. The summed E-state index contributed by atoms with van der Waals surface area (Å²) in [4.78, 5) is 42.7. The fraction of sp³-hybridized carbons (Fsp3) is 0.320. The highest BCUT2D eigenvalue weighted by molar-refractivity contribution is 6.11. The van der Waals surface area contributed by atoms with E-state index >= 15 is 0 Å². The number of benzene rings is 2. The lowest BCUT2D eigenvalue weighted by molar-refractivity contribution is -0.172. The first-order valence-electron chi connectivity index (χ1n) is 10.7. The smallest absolute Gasteiger partial charge is 0.337 e. The first-order valence-corrected chi connectivity index (χ1v) is 10.7. The minimum atomic E-state index is -4.52. The highest BCUT2D eigenvalue weighted by atomic mass is 19.4. The molecule has 1 spiro atoms. The van der Waals surface area contributed by atoms with Gasteiger partial charge in [-0.2, -0.15) is 13.2 Å². The van der Waals surface area contributed by atoms with Gasteiger partial charge >= 0.3 is 6.18 Å². The van der Waals surface area contributed by atoms with Crippen LogP contribution in [0.3, 0.4) is 0 Å². The molecule has 4 rings (SSSR count). The highest BCUT2D eigenvalue weighted by Crippen LogP contribution is 2.41. The maximum absolute atomic E-state index is 14.8. The van der Waals surface area contributed by atoms with Gasteiger partial charge in [0.2, 0.25) is 11.8 Å². The molecule has 35 heavy (non-hydrogen) atoms. The second-order valence-corrected chi connectivity index (χ2v) is 8.67. The number of piperazine rings is 1. The molecule has 6 nitrogen and oxygen atoms in total. The monoisotopic (exact) mass is 487 g/mol. The summed E-state index contributed by atoms with van der Waals surface area (Å²) in [5.74, 6) is 0.105. The summed E-state index contributed by atoms with van der Waals surface area (Å²) in [7, 11) is 0. The molecule has 0 aliphatic carbocycles. The van der Waals surface area contributed by atoms with Crippen LogP contribution in [-0.4, -0.2) is 52.7 Å². The van der Waals surface area contributed by atoms with Crippen LogP contribution in [0.2, 0.25) is 0 Å². The molecule has 10 heteroatoms. The van der Waals surface area contributed by atoms with Gasteiger partial charge in [-0.3, -0.25) is 19.3 Å². The Hall–Kier alpha value is -3.87. The number of likely N-dealkylation sites (tertiary alicyclic amines) is 1. The van der Waals surface area contributed by atoms with Crippen LogP contribution in [0.25, 0.3) is 0 Å². The SMILES string of the molecule is C#Cc1ccc(N2CC(=O)N(C(C)c3ccc(C(F)(F)F)cc3)C3(CN(C(C)=O)C3)C2=O)c(F)c1. The number of anilines is 1. The molecule has 0 bridgehead atoms. The lowest BCUT2D eigenvalue weighted by atomic mass is 9.81. The van der Waals surface area contributed by atoms with Crippen LogP contribution in [0.5, 0.6) is 0 Å². The van der Waals surface area contributed by atoms with Crippen molar-refractivity contribution in [2.75, 3.05) is 24.5 Å². The van der Waals surface area contributed by atoms with E-state index in [1.165, 1.54) is 41.0 Å². The van der Waals surface area contributed by atoms with Crippen LogP contribution in [0.15, 0.2) is 42.5 Å². The number of amides is 3. The topological polar surface area (TPSA) is 60.9 Å². The van der Waals surface area contributed by atoms with Crippen molar-refractivity contribution in [2.45, 2.75) is 31.6 Å². The quantitative estimate of drug-likeness (QED) is 0.493. The number of alkyl halides is 3. The lowest BCUT2D eigenvalue weighted by Gasteiger charge is -2.59. The summed E-state index contributed by atoms with van der Waals surface area (Å²) in [6.07, 6.45) is 0.778. The van der Waals surface area contributed by atoms with Crippen molar-refractivity contribution in [3.05, 3.63) is 65.0 Å². The van der Waals surface area contributed by atoms with Gasteiger partial charge in [-0.15, -0.1) is 6.42 Å². The Bertz CT molecular complexity index is 1240. The van der Waals surface area contributed by atoms with E-state index in [9.17, 15) is 31.9 Å². The van der Waals surface area contributed by atoms with Crippen molar-refractivity contribution in [1.82, 2.24) is 9.80 Å². The van der Waals surface area contributed by atoms with Crippen molar-refractivity contribution in [1.29, 1.82) is 0 Å². The van der Waals surface area contributed by atoms with Gasteiger partial charge in [0.15, 0.2) is 5.54 Å². The zero-order chi connectivity index (χ0) is 25.7. The van der Waals surface area contributed by atoms with Crippen LogP contribution in [-0.2, 0) is 20.6 Å².